The van der Waals surface area contributed by atoms with Gasteiger partial charge < -0.3 is 5.73 Å². The number of allylic oxidation sites excluding steroid dienone is 2. The van der Waals surface area contributed by atoms with Gasteiger partial charge in [0.1, 0.15) is 0 Å². The van der Waals surface area contributed by atoms with Crippen molar-refractivity contribution in [3.63, 3.8) is 0 Å². The minimum absolute atomic E-state index is 0.773. The van der Waals surface area contributed by atoms with Gasteiger partial charge in [0, 0.05) is 0 Å². The first kappa shape index (κ1) is 11.8. The predicted molar refractivity (Wildman–Crippen MR) is 63.1 cm³/mol. The SMILES string of the molecule is CCCCC=CC(C)C1CC(CN)C1. The monoisotopic (exact) mass is 195 g/mol. The van der Waals surface area contributed by atoms with Crippen LogP contribution in [0.4, 0.5) is 0 Å². The van der Waals surface area contributed by atoms with Gasteiger partial charge >= 0.3 is 0 Å². The Hall–Kier alpha value is -0.300. The van der Waals surface area contributed by atoms with Crippen molar-refractivity contribution in [2.24, 2.45) is 23.5 Å². The van der Waals surface area contributed by atoms with Gasteiger partial charge in [-0.05, 0) is 43.6 Å². The number of nitrogens with two attached hydrogens (primary N) is 1. The molecule has 2 N–H and O–H groups in total. The minimum atomic E-state index is 0.773. The largest absolute Gasteiger partial charge is 0.330 e. The number of rotatable bonds is 6. The van der Waals surface area contributed by atoms with Crippen LogP contribution in [0.3, 0.4) is 0 Å². The van der Waals surface area contributed by atoms with Gasteiger partial charge in [0.15, 0.2) is 0 Å². The van der Waals surface area contributed by atoms with E-state index in [0.717, 1.165) is 24.3 Å². The van der Waals surface area contributed by atoms with Crippen molar-refractivity contribution < 1.29 is 0 Å². The summed E-state index contributed by atoms with van der Waals surface area (Å²) in [5, 5.41) is 0. The molecule has 0 aromatic carbocycles. The average Bonchev–Trinajstić information content (AvgIpc) is 2.11. The van der Waals surface area contributed by atoms with Crippen molar-refractivity contribution in [3.05, 3.63) is 12.2 Å². The fourth-order valence-electron chi connectivity index (χ4n) is 2.20. The van der Waals surface area contributed by atoms with E-state index in [2.05, 4.69) is 26.0 Å². The van der Waals surface area contributed by atoms with Crippen LogP contribution >= 0.6 is 0 Å². The zero-order chi connectivity index (χ0) is 10.4. The second-order valence-corrected chi connectivity index (χ2v) is 4.76. The van der Waals surface area contributed by atoms with E-state index >= 15 is 0 Å². The highest BCUT2D eigenvalue weighted by Gasteiger charge is 2.30. The normalized spacial score (nSPS) is 29.1. The van der Waals surface area contributed by atoms with Gasteiger partial charge in [-0.2, -0.15) is 0 Å². The lowest BCUT2D eigenvalue weighted by Gasteiger charge is -2.37. The molecule has 0 heterocycles. The van der Waals surface area contributed by atoms with Crippen LogP contribution < -0.4 is 5.73 Å². The van der Waals surface area contributed by atoms with E-state index in [-0.39, 0.29) is 0 Å². The highest BCUT2D eigenvalue weighted by molar-refractivity contribution is 4.94. The van der Waals surface area contributed by atoms with Gasteiger partial charge in [-0.1, -0.05) is 38.8 Å². The molecular formula is C13H25N. The molecule has 0 amide bonds. The molecule has 0 bridgehead atoms. The lowest BCUT2D eigenvalue weighted by atomic mass is 9.69. The smallest absolute Gasteiger partial charge is 0.00487 e. The molecule has 1 atom stereocenters. The van der Waals surface area contributed by atoms with E-state index in [1.54, 1.807) is 0 Å². The van der Waals surface area contributed by atoms with Gasteiger partial charge in [0.05, 0.1) is 0 Å². The van der Waals surface area contributed by atoms with Crippen molar-refractivity contribution in [3.8, 4) is 0 Å². The van der Waals surface area contributed by atoms with Gasteiger partial charge in [0.2, 0.25) is 0 Å². The lowest BCUT2D eigenvalue weighted by Crippen LogP contribution is -2.33. The molecule has 0 spiro atoms. The molecule has 1 aliphatic rings. The third-order valence-electron chi connectivity index (χ3n) is 3.51. The van der Waals surface area contributed by atoms with Crippen LogP contribution in [0.5, 0.6) is 0 Å². The molecule has 0 saturated heterocycles. The number of hydrogen-bond acceptors (Lipinski definition) is 1. The Labute approximate surface area is 88.8 Å². The van der Waals surface area contributed by atoms with E-state index in [1.165, 1.54) is 32.1 Å². The van der Waals surface area contributed by atoms with Crippen LogP contribution in [0.2, 0.25) is 0 Å². The van der Waals surface area contributed by atoms with E-state index in [1.807, 2.05) is 0 Å². The topological polar surface area (TPSA) is 26.0 Å². The maximum absolute atomic E-state index is 5.62. The molecule has 1 fully saturated rings. The van der Waals surface area contributed by atoms with Crippen LogP contribution in [-0.2, 0) is 0 Å². The van der Waals surface area contributed by atoms with E-state index in [0.29, 0.717) is 0 Å². The summed E-state index contributed by atoms with van der Waals surface area (Å²) in [4.78, 5) is 0. The standard InChI is InChI=1S/C13H25N/c1-3-4-5-6-7-11(2)13-8-12(9-13)10-14/h6-7,11-13H,3-5,8-10,14H2,1-2H3. The maximum Gasteiger partial charge on any atom is -0.00487 e. The molecule has 0 radical (unpaired) electrons. The molecule has 0 aromatic rings. The Balaban J connectivity index is 2.10. The Bertz CT molecular complexity index is 168. The Morgan fingerprint density at radius 1 is 1.43 bits per heavy atom. The molecule has 82 valence electrons. The summed E-state index contributed by atoms with van der Waals surface area (Å²) in [6, 6.07) is 0. The average molecular weight is 195 g/mol. The fraction of sp³-hybridized carbons (Fsp3) is 0.846. The second-order valence-electron chi connectivity index (χ2n) is 4.76. The summed E-state index contributed by atoms with van der Waals surface area (Å²) in [5.74, 6) is 2.52. The summed E-state index contributed by atoms with van der Waals surface area (Å²) in [5.41, 5.74) is 5.62. The predicted octanol–water partition coefficient (Wildman–Crippen LogP) is 3.35. The highest BCUT2D eigenvalue weighted by atomic mass is 14.6. The zero-order valence-electron chi connectivity index (χ0n) is 9.71. The third kappa shape index (κ3) is 3.45. The summed E-state index contributed by atoms with van der Waals surface area (Å²) in [6.45, 7) is 5.48. The van der Waals surface area contributed by atoms with Gasteiger partial charge in [0.25, 0.3) is 0 Å². The van der Waals surface area contributed by atoms with E-state index < -0.39 is 0 Å². The molecule has 1 saturated carbocycles. The van der Waals surface area contributed by atoms with Crippen molar-refractivity contribution in [1.29, 1.82) is 0 Å². The zero-order valence-corrected chi connectivity index (χ0v) is 9.71. The van der Waals surface area contributed by atoms with Crippen molar-refractivity contribution in [1.82, 2.24) is 0 Å². The summed E-state index contributed by atoms with van der Waals surface area (Å²) < 4.78 is 0. The molecule has 1 unspecified atom stereocenters. The summed E-state index contributed by atoms with van der Waals surface area (Å²) in [6.07, 6.45) is 11.4. The Kier molecular flexibility index (Phi) is 5.24. The highest BCUT2D eigenvalue weighted by Crippen LogP contribution is 2.38. The van der Waals surface area contributed by atoms with Crippen LogP contribution in [0.1, 0.15) is 46.0 Å². The minimum Gasteiger partial charge on any atom is -0.330 e. The first-order chi connectivity index (χ1) is 6.77. The van der Waals surface area contributed by atoms with Crippen LogP contribution in [0, 0.1) is 17.8 Å². The summed E-state index contributed by atoms with van der Waals surface area (Å²) in [7, 11) is 0. The number of unbranched alkanes of at least 4 members (excludes halogenated alkanes) is 2. The van der Waals surface area contributed by atoms with Crippen LogP contribution in [0.25, 0.3) is 0 Å². The summed E-state index contributed by atoms with van der Waals surface area (Å²) >= 11 is 0. The first-order valence-corrected chi connectivity index (χ1v) is 6.14. The molecule has 14 heavy (non-hydrogen) atoms. The van der Waals surface area contributed by atoms with Crippen LogP contribution in [0.15, 0.2) is 12.2 Å². The quantitative estimate of drug-likeness (QED) is 0.510. The van der Waals surface area contributed by atoms with Crippen LogP contribution in [-0.4, -0.2) is 6.54 Å². The van der Waals surface area contributed by atoms with Crippen molar-refractivity contribution in [2.45, 2.75) is 46.0 Å². The van der Waals surface area contributed by atoms with Crippen molar-refractivity contribution >= 4 is 0 Å². The molecule has 1 nitrogen and oxygen atoms in total. The number of hydrogen-bond donors (Lipinski definition) is 1. The van der Waals surface area contributed by atoms with Gasteiger partial charge in [-0.3, -0.25) is 0 Å². The molecular weight excluding hydrogens is 170 g/mol. The molecule has 1 rings (SSSR count). The van der Waals surface area contributed by atoms with Crippen molar-refractivity contribution in [2.75, 3.05) is 6.54 Å². The third-order valence-corrected chi connectivity index (χ3v) is 3.51. The van der Waals surface area contributed by atoms with Gasteiger partial charge in [-0.25, -0.2) is 0 Å². The fourth-order valence-corrected chi connectivity index (χ4v) is 2.20. The lowest BCUT2D eigenvalue weighted by molar-refractivity contribution is 0.161. The molecule has 1 aliphatic carbocycles. The van der Waals surface area contributed by atoms with E-state index in [9.17, 15) is 0 Å². The molecule has 0 aliphatic heterocycles. The molecule has 0 aromatic heterocycles. The maximum atomic E-state index is 5.62. The molecule has 1 heteroatoms. The van der Waals surface area contributed by atoms with Gasteiger partial charge in [-0.15, -0.1) is 0 Å². The Morgan fingerprint density at radius 2 is 2.14 bits per heavy atom. The van der Waals surface area contributed by atoms with E-state index in [4.69, 9.17) is 5.73 Å². The second kappa shape index (κ2) is 6.23. The Morgan fingerprint density at radius 3 is 2.71 bits per heavy atom. The first-order valence-electron chi connectivity index (χ1n) is 6.14.